The van der Waals surface area contributed by atoms with E-state index in [1.807, 2.05) is 0 Å². The van der Waals surface area contributed by atoms with Gasteiger partial charge in [-0.3, -0.25) is 4.79 Å². The normalized spacial score (nSPS) is 7.00. The predicted octanol–water partition coefficient (Wildman–Crippen LogP) is -2.72. The Morgan fingerprint density at radius 2 is 1.82 bits per heavy atom. The van der Waals surface area contributed by atoms with Crippen molar-refractivity contribution in [1.29, 1.82) is 0 Å². The number of hydrogen-bond acceptors (Lipinski definition) is 4. The van der Waals surface area contributed by atoms with Crippen molar-refractivity contribution in [2.75, 3.05) is 13.2 Å². The summed E-state index contributed by atoms with van der Waals surface area (Å²) in [5, 5.41) is 7.94. The molecule has 0 spiro atoms. The number of carboxylic acid groups (broad SMARTS) is 1. The first-order valence-electron chi connectivity index (χ1n) is 2.24. The van der Waals surface area contributed by atoms with Crippen LogP contribution in [0.15, 0.2) is 0 Å². The van der Waals surface area contributed by atoms with Gasteiger partial charge in [-0.15, -0.1) is 0 Å². The molecule has 0 aromatic carbocycles. The number of carboxylic acids is 1. The Labute approximate surface area is 108 Å². The molecule has 0 aliphatic heterocycles. The maximum atomic E-state index is 10.1. The third kappa shape index (κ3) is 13.8. The molecule has 56 valence electrons. The fourth-order valence-corrected chi connectivity index (χ4v) is 0.201. The second kappa shape index (κ2) is 10.9. The van der Waals surface area contributed by atoms with Crippen molar-refractivity contribution in [3.8, 4) is 0 Å². The second-order valence-corrected chi connectivity index (χ2v) is 1.26. The quantitative estimate of drug-likeness (QED) is 0.364. The van der Waals surface area contributed by atoms with Crippen LogP contribution in [0.3, 0.4) is 0 Å². The van der Waals surface area contributed by atoms with Gasteiger partial charge in [-0.25, -0.2) is 4.79 Å². The molecule has 0 rings (SSSR count). The van der Waals surface area contributed by atoms with Crippen molar-refractivity contribution in [3.05, 3.63) is 0 Å². The number of carbonyl (C=O) groups is 2. The molecule has 3 N–H and O–H groups in total. The SMILES string of the molecule is NCC(=O)OCC(=O)O.[NaH].[NaH]. The van der Waals surface area contributed by atoms with Crippen LogP contribution in [0.1, 0.15) is 0 Å². The number of ether oxygens (including phenoxy) is 1. The molecule has 5 nitrogen and oxygen atoms in total. The van der Waals surface area contributed by atoms with Gasteiger partial charge in [0.05, 0.1) is 6.54 Å². The summed E-state index contributed by atoms with van der Waals surface area (Å²) < 4.78 is 4.09. The number of aliphatic carboxylic acids is 1. The van der Waals surface area contributed by atoms with Gasteiger partial charge in [0.25, 0.3) is 0 Å². The molecule has 0 amide bonds. The number of hydrogen-bond donors (Lipinski definition) is 2. The van der Waals surface area contributed by atoms with Crippen molar-refractivity contribution in [1.82, 2.24) is 0 Å². The topological polar surface area (TPSA) is 89.6 Å². The van der Waals surface area contributed by atoms with Gasteiger partial charge < -0.3 is 15.6 Å². The Morgan fingerprint density at radius 3 is 2.09 bits per heavy atom. The summed E-state index contributed by atoms with van der Waals surface area (Å²) in [5.41, 5.74) is 4.79. The summed E-state index contributed by atoms with van der Waals surface area (Å²) in [5.74, 6) is -1.89. The van der Waals surface area contributed by atoms with Crippen molar-refractivity contribution < 1.29 is 19.4 Å². The van der Waals surface area contributed by atoms with Gasteiger partial charge in [-0.1, -0.05) is 0 Å². The first-order chi connectivity index (χ1) is 4.16. The third-order valence-electron chi connectivity index (χ3n) is 0.523. The van der Waals surface area contributed by atoms with E-state index in [9.17, 15) is 9.59 Å². The van der Waals surface area contributed by atoms with Crippen LogP contribution in [-0.4, -0.2) is 89.3 Å². The zero-order valence-electron chi connectivity index (χ0n) is 4.66. The van der Waals surface area contributed by atoms with Crippen LogP contribution in [0.4, 0.5) is 0 Å². The number of rotatable bonds is 3. The molecule has 0 aliphatic rings. The van der Waals surface area contributed by atoms with Gasteiger partial charge in [0.2, 0.25) is 0 Å². The molecule has 0 aromatic heterocycles. The minimum atomic E-state index is -1.18. The molecule has 11 heavy (non-hydrogen) atoms. The van der Waals surface area contributed by atoms with Crippen LogP contribution in [0, 0.1) is 0 Å². The zero-order chi connectivity index (χ0) is 7.28. The molecule has 0 saturated heterocycles. The van der Waals surface area contributed by atoms with Crippen LogP contribution in [0.25, 0.3) is 0 Å². The van der Waals surface area contributed by atoms with Gasteiger partial charge in [-0.2, -0.15) is 0 Å². The van der Waals surface area contributed by atoms with Gasteiger partial charge in [0.15, 0.2) is 6.61 Å². The van der Waals surface area contributed by atoms with Crippen LogP contribution in [-0.2, 0) is 14.3 Å². The van der Waals surface area contributed by atoms with E-state index in [2.05, 4.69) is 4.74 Å². The summed E-state index contributed by atoms with van der Waals surface area (Å²) in [6, 6.07) is 0. The molecule has 0 saturated carbocycles. The van der Waals surface area contributed by atoms with Crippen LogP contribution < -0.4 is 5.73 Å². The average molecular weight is 181 g/mol. The summed E-state index contributed by atoms with van der Waals surface area (Å²) in [6.07, 6.45) is 0. The van der Waals surface area contributed by atoms with Gasteiger partial charge in [0, 0.05) is 0 Å². The summed E-state index contributed by atoms with van der Waals surface area (Å²) in [6.45, 7) is -0.899. The van der Waals surface area contributed by atoms with E-state index in [1.165, 1.54) is 0 Å². The van der Waals surface area contributed by atoms with E-state index < -0.39 is 18.5 Å². The molecule has 0 bridgehead atoms. The van der Waals surface area contributed by atoms with Gasteiger partial charge in [-0.05, 0) is 0 Å². The molecule has 0 unspecified atom stereocenters. The van der Waals surface area contributed by atoms with Crippen LogP contribution >= 0.6 is 0 Å². The predicted molar refractivity (Wildman–Crippen MR) is 41.9 cm³/mol. The third-order valence-corrected chi connectivity index (χ3v) is 0.523. The molecular weight excluding hydrogens is 172 g/mol. The molecule has 0 radical (unpaired) electrons. The maximum absolute atomic E-state index is 10.1. The summed E-state index contributed by atoms with van der Waals surface area (Å²) in [4.78, 5) is 19.8. The monoisotopic (exact) mass is 181 g/mol. The Hall–Kier alpha value is 0.900. The van der Waals surface area contributed by atoms with Crippen molar-refractivity contribution in [2.24, 2.45) is 5.73 Å². The van der Waals surface area contributed by atoms with Gasteiger partial charge in [0.1, 0.15) is 0 Å². The van der Waals surface area contributed by atoms with Crippen LogP contribution in [0.5, 0.6) is 0 Å². The molecule has 0 heterocycles. The standard InChI is InChI=1S/C4H7NO4.2Na.2H/c5-1-4(8)9-2-3(6)7;;;;/h1-2,5H2,(H,6,7);;;;. The fraction of sp³-hybridized carbons (Fsp3) is 0.500. The summed E-state index contributed by atoms with van der Waals surface area (Å²) >= 11 is 0. The molecule has 0 fully saturated rings. The minimum absolute atomic E-state index is 0. The zero-order valence-corrected chi connectivity index (χ0v) is 4.66. The first kappa shape index (κ1) is 17.8. The Kier molecular flexibility index (Phi) is 17.7. The van der Waals surface area contributed by atoms with Crippen molar-refractivity contribution >= 4 is 71.1 Å². The Balaban J connectivity index is -0.000000320. The number of esters is 1. The average Bonchev–Trinajstić information content (AvgIpc) is 1.83. The fourth-order valence-electron chi connectivity index (χ4n) is 0.201. The molecule has 0 aromatic rings. The van der Waals surface area contributed by atoms with E-state index in [1.54, 1.807) is 0 Å². The first-order valence-corrected chi connectivity index (χ1v) is 2.24. The molecule has 0 aliphatic carbocycles. The van der Waals surface area contributed by atoms with E-state index in [0.717, 1.165) is 0 Å². The Morgan fingerprint density at radius 1 is 1.36 bits per heavy atom. The van der Waals surface area contributed by atoms with Crippen LogP contribution in [0.2, 0.25) is 0 Å². The van der Waals surface area contributed by atoms with Crippen molar-refractivity contribution in [3.63, 3.8) is 0 Å². The van der Waals surface area contributed by atoms with E-state index in [0.29, 0.717) is 0 Å². The van der Waals surface area contributed by atoms with Gasteiger partial charge >= 0.3 is 71.1 Å². The summed E-state index contributed by atoms with van der Waals surface area (Å²) in [7, 11) is 0. The number of carbonyl (C=O) groups excluding carboxylic acids is 1. The molecule has 0 atom stereocenters. The second-order valence-electron chi connectivity index (χ2n) is 1.26. The van der Waals surface area contributed by atoms with E-state index in [4.69, 9.17) is 10.8 Å². The van der Waals surface area contributed by atoms with E-state index >= 15 is 0 Å². The van der Waals surface area contributed by atoms with Crippen molar-refractivity contribution in [2.45, 2.75) is 0 Å². The molecule has 7 heteroatoms. The number of nitrogens with two attached hydrogens (primary N) is 1. The van der Waals surface area contributed by atoms with E-state index in [-0.39, 0.29) is 65.7 Å². The molecular formula is C4H9NNa2O4. The Bertz CT molecular complexity index is 129.